The van der Waals surface area contributed by atoms with Gasteiger partial charge in [0, 0.05) is 0 Å². The van der Waals surface area contributed by atoms with Crippen LogP contribution in [0.3, 0.4) is 0 Å². The third kappa shape index (κ3) is 5.81. The van der Waals surface area contributed by atoms with Crippen LogP contribution in [0.5, 0.6) is 0 Å². The number of nitrogens with one attached hydrogen (secondary N) is 3. The minimum Gasteiger partial charge on any atom is -0.367 e. The van der Waals surface area contributed by atoms with Crippen molar-refractivity contribution in [2.45, 2.75) is 12.6 Å². The summed E-state index contributed by atoms with van der Waals surface area (Å²) in [4.78, 5) is 25.0. The average Bonchev–Trinajstić information content (AvgIpc) is 3.12. The molecule has 28 heavy (non-hydrogen) atoms. The summed E-state index contributed by atoms with van der Waals surface area (Å²) in [6.45, 7) is 0.153. The number of benzene rings is 2. The number of amides is 2. The monoisotopic (exact) mass is 414 g/mol. The van der Waals surface area contributed by atoms with Crippen LogP contribution in [0.4, 0.5) is 5.13 Å². The highest BCUT2D eigenvalue weighted by atomic mass is 32.1. The lowest BCUT2D eigenvalue weighted by Crippen LogP contribution is -2.38. The minimum absolute atomic E-state index is 0.160. The molecule has 1 unspecified atom stereocenters. The van der Waals surface area contributed by atoms with Crippen molar-refractivity contribution in [2.24, 2.45) is 0 Å². The molecule has 0 radical (unpaired) electrons. The third-order valence-corrected chi connectivity index (χ3v) is 4.72. The molecular weight excluding hydrogens is 396 g/mol. The van der Waals surface area contributed by atoms with E-state index in [0.29, 0.717) is 21.3 Å². The Morgan fingerprint density at radius 1 is 1.11 bits per heavy atom. The molecule has 0 aliphatic carbocycles. The number of rotatable bonds is 8. The minimum atomic E-state index is -0.883. The number of aromatic amines is 1. The van der Waals surface area contributed by atoms with E-state index in [1.54, 1.807) is 24.3 Å². The predicted octanol–water partition coefficient (Wildman–Crippen LogP) is 3.21. The van der Waals surface area contributed by atoms with Gasteiger partial charge in [0.2, 0.25) is 11.0 Å². The fourth-order valence-electron chi connectivity index (χ4n) is 2.45. The van der Waals surface area contributed by atoms with Crippen molar-refractivity contribution in [3.8, 4) is 0 Å². The van der Waals surface area contributed by atoms with Gasteiger partial charge in [0.15, 0.2) is 3.95 Å². The zero-order chi connectivity index (χ0) is 19.8. The van der Waals surface area contributed by atoms with Crippen molar-refractivity contribution >= 4 is 40.5 Å². The fourth-order valence-corrected chi connectivity index (χ4v) is 3.24. The average molecular weight is 415 g/mol. The van der Waals surface area contributed by atoms with Crippen LogP contribution in [0.25, 0.3) is 0 Å². The lowest BCUT2D eigenvalue weighted by Gasteiger charge is -2.18. The lowest BCUT2D eigenvalue weighted by molar-refractivity contribution is -0.130. The molecule has 2 amide bonds. The second-order valence-electron chi connectivity index (χ2n) is 5.80. The van der Waals surface area contributed by atoms with Crippen molar-refractivity contribution in [2.75, 3.05) is 11.9 Å². The number of carbonyl (C=O) groups excluding carboxylic acids is 2. The Labute approximate surface area is 170 Å². The predicted molar refractivity (Wildman–Crippen MR) is 109 cm³/mol. The molecule has 2 aromatic carbocycles. The standard InChI is InChI=1S/C19H18N4O3S2/c24-15(12-26-11-13-7-3-1-4-8-13)20-16(14-9-5-2-6-10-14)17(25)21-18-22-23-19(27)28-18/h1-10,16H,11-12H2,(H,20,24)(H,23,27)(H,21,22,25). The second-order valence-corrected chi connectivity index (χ2v) is 7.46. The lowest BCUT2D eigenvalue weighted by atomic mass is 10.1. The van der Waals surface area contributed by atoms with E-state index in [0.717, 1.165) is 16.9 Å². The Kier molecular flexibility index (Phi) is 7.01. The van der Waals surface area contributed by atoms with Gasteiger partial charge < -0.3 is 10.1 Å². The third-order valence-electron chi connectivity index (χ3n) is 3.71. The smallest absolute Gasteiger partial charge is 0.253 e. The number of hydrogen-bond donors (Lipinski definition) is 3. The molecule has 0 spiro atoms. The number of aromatic nitrogens is 2. The number of anilines is 1. The van der Waals surface area contributed by atoms with Crippen LogP contribution < -0.4 is 10.6 Å². The quantitative estimate of drug-likeness (QED) is 0.492. The maximum atomic E-state index is 12.7. The molecule has 0 saturated heterocycles. The van der Waals surface area contributed by atoms with Gasteiger partial charge in [-0.25, -0.2) is 0 Å². The van der Waals surface area contributed by atoms with Crippen LogP contribution in [0.1, 0.15) is 17.2 Å². The van der Waals surface area contributed by atoms with E-state index in [4.69, 9.17) is 17.0 Å². The molecule has 9 heteroatoms. The maximum absolute atomic E-state index is 12.7. The Morgan fingerprint density at radius 3 is 2.43 bits per heavy atom. The summed E-state index contributed by atoms with van der Waals surface area (Å²) in [5.74, 6) is -0.810. The summed E-state index contributed by atoms with van der Waals surface area (Å²) in [6.07, 6.45) is 0. The first kappa shape index (κ1) is 19.9. The highest BCUT2D eigenvalue weighted by molar-refractivity contribution is 7.73. The van der Waals surface area contributed by atoms with Gasteiger partial charge >= 0.3 is 0 Å². The first-order valence-electron chi connectivity index (χ1n) is 8.44. The normalized spacial score (nSPS) is 11.6. The van der Waals surface area contributed by atoms with E-state index in [1.807, 2.05) is 36.4 Å². The summed E-state index contributed by atoms with van der Waals surface area (Å²) < 4.78 is 5.90. The molecule has 0 saturated carbocycles. The Bertz CT molecular complexity index is 973. The summed E-state index contributed by atoms with van der Waals surface area (Å²) in [5.41, 5.74) is 1.61. The topological polar surface area (TPSA) is 96.1 Å². The van der Waals surface area contributed by atoms with E-state index in [-0.39, 0.29) is 6.61 Å². The van der Waals surface area contributed by atoms with Gasteiger partial charge in [-0.3, -0.25) is 20.0 Å². The first-order valence-corrected chi connectivity index (χ1v) is 9.66. The molecule has 3 aromatic rings. The zero-order valence-corrected chi connectivity index (χ0v) is 16.4. The molecule has 7 nitrogen and oxygen atoms in total. The van der Waals surface area contributed by atoms with E-state index in [2.05, 4.69) is 20.8 Å². The van der Waals surface area contributed by atoms with E-state index >= 15 is 0 Å². The molecule has 1 aromatic heterocycles. The van der Waals surface area contributed by atoms with Gasteiger partial charge in [-0.1, -0.05) is 72.0 Å². The highest BCUT2D eigenvalue weighted by Gasteiger charge is 2.23. The van der Waals surface area contributed by atoms with Crippen LogP contribution in [0.15, 0.2) is 60.7 Å². The van der Waals surface area contributed by atoms with Crippen LogP contribution in [0, 0.1) is 3.95 Å². The molecule has 3 rings (SSSR count). The van der Waals surface area contributed by atoms with Crippen molar-refractivity contribution in [1.29, 1.82) is 0 Å². The number of ether oxygens (including phenoxy) is 1. The van der Waals surface area contributed by atoms with Crippen LogP contribution >= 0.6 is 23.6 Å². The fraction of sp³-hybridized carbons (Fsp3) is 0.158. The van der Waals surface area contributed by atoms with Gasteiger partial charge in [-0.15, -0.1) is 5.10 Å². The molecule has 3 N–H and O–H groups in total. The molecule has 0 bridgehead atoms. The van der Waals surface area contributed by atoms with E-state index < -0.39 is 17.9 Å². The molecule has 0 fully saturated rings. The SMILES string of the molecule is O=C(COCc1ccccc1)NC(C(=O)Nc1n[nH]c(=S)s1)c1ccccc1. The van der Waals surface area contributed by atoms with Crippen LogP contribution in [-0.4, -0.2) is 28.6 Å². The van der Waals surface area contributed by atoms with Gasteiger partial charge in [-0.05, 0) is 23.3 Å². The van der Waals surface area contributed by atoms with Crippen LogP contribution in [-0.2, 0) is 20.9 Å². The first-order chi connectivity index (χ1) is 13.6. The molecule has 0 aliphatic rings. The highest BCUT2D eigenvalue weighted by Crippen LogP contribution is 2.17. The second kappa shape index (κ2) is 9.88. The van der Waals surface area contributed by atoms with Crippen molar-refractivity contribution in [3.63, 3.8) is 0 Å². The largest absolute Gasteiger partial charge is 0.367 e. The van der Waals surface area contributed by atoms with Gasteiger partial charge in [0.25, 0.3) is 5.91 Å². The Hall–Kier alpha value is -2.88. The van der Waals surface area contributed by atoms with Gasteiger partial charge in [0.1, 0.15) is 12.6 Å². The number of nitrogens with zero attached hydrogens (tertiary/aromatic N) is 1. The Morgan fingerprint density at radius 2 is 1.79 bits per heavy atom. The van der Waals surface area contributed by atoms with Crippen molar-refractivity contribution < 1.29 is 14.3 Å². The van der Waals surface area contributed by atoms with Crippen molar-refractivity contribution in [3.05, 3.63) is 75.7 Å². The molecule has 0 aliphatic heterocycles. The summed E-state index contributed by atoms with van der Waals surface area (Å²) in [6, 6.07) is 17.6. The van der Waals surface area contributed by atoms with E-state index in [1.165, 1.54) is 0 Å². The maximum Gasteiger partial charge on any atom is 0.253 e. The van der Waals surface area contributed by atoms with Crippen LogP contribution in [0.2, 0.25) is 0 Å². The van der Waals surface area contributed by atoms with Crippen molar-refractivity contribution in [1.82, 2.24) is 15.5 Å². The summed E-state index contributed by atoms with van der Waals surface area (Å²) in [5, 5.41) is 12.2. The van der Waals surface area contributed by atoms with Gasteiger partial charge in [0.05, 0.1) is 6.61 Å². The molecule has 144 valence electrons. The number of H-pyrrole nitrogens is 1. The zero-order valence-electron chi connectivity index (χ0n) is 14.8. The number of carbonyl (C=O) groups is 2. The molecular formula is C19H18N4O3S2. The van der Waals surface area contributed by atoms with Gasteiger partial charge in [-0.2, -0.15) is 0 Å². The van der Waals surface area contributed by atoms with E-state index in [9.17, 15) is 9.59 Å². The Balaban J connectivity index is 1.62. The summed E-state index contributed by atoms with van der Waals surface area (Å²) in [7, 11) is 0. The summed E-state index contributed by atoms with van der Waals surface area (Å²) >= 11 is 6.10. The molecule has 1 atom stereocenters. The number of hydrogen-bond acceptors (Lipinski definition) is 6. The molecule has 1 heterocycles.